The minimum Gasteiger partial charge on any atom is -0.387 e. The molecule has 4 aromatic rings. The molecule has 5 nitrogen and oxygen atoms in total. The van der Waals surface area contributed by atoms with Crippen LogP contribution >= 0.6 is 23.2 Å². The number of hydrogen-bond acceptors (Lipinski definition) is 4. The molecule has 0 saturated heterocycles. The number of ketones is 1. The van der Waals surface area contributed by atoms with Crippen molar-refractivity contribution in [3.05, 3.63) is 106 Å². The van der Waals surface area contributed by atoms with Crippen LogP contribution in [0, 0.1) is 5.92 Å². The zero-order chi connectivity index (χ0) is 26.1. The van der Waals surface area contributed by atoms with Crippen LogP contribution in [0.4, 0.5) is 11.4 Å². The van der Waals surface area contributed by atoms with Gasteiger partial charge in [0.15, 0.2) is 5.78 Å². The molecule has 188 valence electrons. The van der Waals surface area contributed by atoms with Gasteiger partial charge in [-0.1, -0.05) is 71.7 Å². The van der Waals surface area contributed by atoms with E-state index in [1.807, 2.05) is 61.5 Å². The Balaban J connectivity index is 1.52. The quantitative estimate of drug-likeness (QED) is 0.268. The Morgan fingerprint density at radius 3 is 2.38 bits per heavy atom. The number of nitrogens with one attached hydrogen (secondary N) is 1. The van der Waals surface area contributed by atoms with Crippen molar-refractivity contribution in [1.82, 2.24) is 0 Å². The highest BCUT2D eigenvalue weighted by Gasteiger charge is 2.45. The van der Waals surface area contributed by atoms with Crippen LogP contribution in [0.2, 0.25) is 10.0 Å². The molecule has 1 aliphatic rings. The van der Waals surface area contributed by atoms with Gasteiger partial charge in [-0.15, -0.1) is 0 Å². The van der Waals surface area contributed by atoms with Gasteiger partial charge in [0.2, 0.25) is 5.91 Å². The topological polar surface area (TPSA) is 69.6 Å². The second-order valence-electron chi connectivity index (χ2n) is 9.20. The highest BCUT2D eigenvalue weighted by Crippen LogP contribution is 2.40. The van der Waals surface area contributed by atoms with Gasteiger partial charge in [-0.2, -0.15) is 0 Å². The number of rotatable bonds is 7. The van der Waals surface area contributed by atoms with Gasteiger partial charge in [0.05, 0.1) is 17.8 Å². The molecule has 2 N–H and O–H groups in total. The highest BCUT2D eigenvalue weighted by molar-refractivity contribution is 6.31. The number of aliphatic hydroxyl groups excluding tert-OH is 1. The third-order valence-electron chi connectivity index (χ3n) is 6.86. The lowest BCUT2D eigenvalue weighted by atomic mass is 9.82. The monoisotopic (exact) mass is 532 g/mol. The minimum absolute atomic E-state index is 0.318. The van der Waals surface area contributed by atoms with E-state index in [2.05, 4.69) is 5.32 Å². The van der Waals surface area contributed by atoms with Gasteiger partial charge in [-0.25, -0.2) is 0 Å². The van der Waals surface area contributed by atoms with Crippen molar-refractivity contribution >= 4 is 57.0 Å². The maximum absolute atomic E-state index is 14.1. The normalized spacial score (nSPS) is 17.9. The SMILES string of the molecule is CCN1C(=O)C(C(=O)C(Cc2ccc(Cl)cc2)Nc2ccc3ccccc3c2)C(O)c2ccc(Cl)cc21. The van der Waals surface area contributed by atoms with Gasteiger partial charge in [-0.05, 0) is 66.1 Å². The Labute approximate surface area is 225 Å². The summed E-state index contributed by atoms with van der Waals surface area (Å²) in [6, 6.07) is 25.3. The predicted molar refractivity (Wildman–Crippen MR) is 149 cm³/mol. The van der Waals surface area contributed by atoms with E-state index in [1.165, 1.54) is 4.90 Å². The number of hydrogen-bond donors (Lipinski definition) is 2. The van der Waals surface area contributed by atoms with Crippen LogP contribution < -0.4 is 10.2 Å². The molecule has 1 amide bonds. The molecule has 7 heteroatoms. The van der Waals surface area contributed by atoms with E-state index in [0.29, 0.717) is 34.3 Å². The summed E-state index contributed by atoms with van der Waals surface area (Å²) in [6.45, 7) is 2.18. The van der Waals surface area contributed by atoms with Crippen molar-refractivity contribution in [1.29, 1.82) is 0 Å². The van der Waals surface area contributed by atoms with E-state index in [4.69, 9.17) is 23.2 Å². The first kappa shape index (κ1) is 25.3. The molecular formula is C30H26Cl2N2O3. The first-order valence-electron chi connectivity index (χ1n) is 12.2. The molecule has 0 aromatic heterocycles. The molecular weight excluding hydrogens is 507 g/mol. The van der Waals surface area contributed by atoms with Crippen LogP contribution in [0.5, 0.6) is 0 Å². The van der Waals surface area contributed by atoms with E-state index in [9.17, 15) is 14.7 Å². The first-order valence-corrected chi connectivity index (χ1v) is 12.9. The van der Waals surface area contributed by atoms with Gasteiger partial charge in [0.25, 0.3) is 0 Å². The average Bonchev–Trinajstić information content (AvgIpc) is 2.89. The molecule has 1 aliphatic heterocycles. The molecule has 0 radical (unpaired) electrons. The van der Waals surface area contributed by atoms with Crippen LogP contribution in [-0.4, -0.2) is 29.4 Å². The molecule has 0 aliphatic carbocycles. The van der Waals surface area contributed by atoms with E-state index in [0.717, 1.165) is 22.0 Å². The lowest BCUT2D eigenvalue weighted by Crippen LogP contribution is -2.50. The van der Waals surface area contributed by atoms with Gasteiger partial charge >= 0.3 is 0 Å². The summed E-state index contributed by atoms with van der Waals surface area (Å²) < 4.78 is 0. The van der Waals surface area contributed by atoms with Crippen molar-refractivity contribution in [2.24, 2.45) is 5.92 Å². The second kappa shape index (κ2) is 10.5. The lowest BCUT2D eigenvalue weighted by molar-refractivity contribution is -0.138. The molecule has 0 saturated carbocycles. The second-order valence-corrected chi connectivity index (χ2v) is 10.1. The summed E-state index contributed by atoms with van der Waals surface area (Å²) in [5, 5.41) is 17.8. The van der Waals surface area contributed by atoms with E-state index in [1.54, 1.807) is 30.3 Å². The van der Waals surface area contributed by atoms with Crippen molar-refractivity contribution in [3.63, 3.8) is 0 Å². The predicted octanol–water partition coefficient (Wildman–Crippen LogP) is 6.46. The fourth-order valence-corrected chi connectivity index (χ4v) is 5.27. The summed E-state index contributed by atoms with van der Waals surface area (Å²) in [5.41, 5.74) is 2.69. The fourth-order valence-electron chi connectivity index (χ4n) is 4.98. The molecule has 5 rings (SSSR count). The van der Waals surface area contributed by atoms with Gasteiger partial charge < -0.3 is 15.3 Å². The number of fused-ring (bicyclic) bond motifs is 2. The van der Waals surface area contributed by atoms with Crippen molar-refractivity contribution in [3.8, 4) is 0 Å². The van der Waals surface area contributed by atoms with Gasteiger partial charge in [0, 0.05) is 27.8 Å². The van der Waals surface area contributed by atoms with Crippen LogP contribution in [0.15, 0.2) is 84.9 Å². The van der Waals surface area contributed by atoms with Crippen molar-refractivity contribution in [2.75, 3.05) is 16.8 Å². The number of nitrogens with zero attached hydrogens (tertiary/aromatic N) is 1. The van der Waals surface area contributed by atoms with E-state index < -0.39 is 24.0 Å². The van der Waals surface area contributed by atoms with Crippen LogP contribution in [0.25, 0.3) is 10.8 Å². The van der Waals surface area contributed by atoms with E-state index >= 15 is 0 Å². The summed E-state index contributed by atoms with van der Waals surface area (Å²) in [6.07, 6.45) is -0.958. The number of aliphatic hydroxyl groups is 1. The Morgan fingerprint density at radius 1 is 0.946 bits per heavy atom. The van der Waals surface area contributed by atoms with Crippen LogP contribution in [-0.2, 0) is 16.0 Å². The number of carbonyl (C=O) groups excluding carboxylic acids is 2. The Kier molecular flexibility index (Phi) is 7.20. The zero-order valence-electron chi connectivity index (χ0n) is 20.2. The van der Waals surface area contributed by atoms with Crippen LogP contribution in [0.1, 0.15) is 24.2 Å². The Bertz CT molecular complexity index is 1470. The third kappa shape index (κ3) is 5.08. The van der Waals surface area contributed by atoms with Crippen molar-refractivity contribution in [2.45, 2.75) is 25.5 Å². The molecule has 3 atom stereocenters. The molecule has 4 aromatic carbocycles. The minimum atomic E-state index is -1.28. The molecule has 0 spiro atoms. The summed E-state index contributed by atoms with van der Waals surface area (Å²) in [7, 11) is 0. The number of amides is 1. The van der Waals surface area contributed by atoms with E-state index in [-0.39, 0.29) is 5.78 Å². The first-order chi connectivity index (χ1) is 17.9. The zero-order valence-corrected chi connectivity index (χ0v) is 21.7. The number of Topliss-reactive ketones (excluding diaryl/α,β-unsaturated/α-hetero) is 1. The summed E-state index contributed by atoms with van der Waals surface area (Å²) in [4.78, 5) is 29.2. The maximum Gasteiger partial charge on any atom is 0.240 e. The summed E-state index contributed by atoms with van der Waals surface area (Å²) >= 11 is 12.2. The molecule has 1 heterocycles. The number of benzene rings is 4. The average molecular weight is 533 g/mol. The maximum atomic E-state index is 14.1. The lowest BCUT2D eigenvalue weighted by Gasteiger charge is -2.37. The largest absolute Gasteiger partial charge is 0.387 e. The smallest absolute Gasteiger partial charge is 0.240 e. The number of carbonyl (C=O) groups is 2. The Morgan fingerprint density at radius 2 is 1.65 bits per heavy atom. The fraction of sp³-hybridized carbons (Fsp3) is 0.200. The molecule has 0 fully saturated rings. The number of anilines is 2. The molecule has 3 unspecified atom stereocenters. The van der Waals surface area contributed by atoms with Gasteiger partial charge in [0.1, 0.15) is 5.92 Å². The third-order valence-corrected chi connectivity index (χ3v) is 7.35. The highest BCUT2D eigenvalue weighted by atomic mass is 35.5. The Hall–Kier alpha value is -3.38. The summed E-state index contributed by atoms with van der Waals surface area (Å²) in [5.74, 6) is -2.06. The van der Waals surface area contributed by atoms with Crippen LogP contribution in [0.3, 0.4) is 0 Å². The van der Waals surface area contributed by atoms with Crippen molar-refractivity contribution < 1.29 is 14.7 Å². The number of halogens is 2. The molecule has 0 bridgehead atoms. The standard InChI is InChI=1S/C30H26Cl2N2O3/c1-2-34-26-17-22(32)12-14-24(26)28(35)27(30(34)37)29(36)25(15-18-7-10-21(31)11-8-18)33-23-13-9-19-5-3-4-6-20(19)16-23/h3-14,16-17,25,27-28,33,35H,2,15H2,1H3. The van der Waals surface area contributed by atoms with Gasteiger partial charge in [-0.3, -0.25) is 9.59 Å². The molecule has 37 heavy (non-hydrogen) atoms.